The van der Waals surface area contributed by atoms with Gasteiger partial charge in [0.05, 0.1) is 0 Å². The highest BCUT2D eigenvalue weighted by molar-refractivity contribution is 5.05. The second-order valence-electron chi connectivity index (χ2n) is 3.92. The molecule has 0 aromatic heterocycles. The van der Waals surface area contributed by atoms with Gasteiger partial charge in [-0.2, -0.15) is 0 Å². The van der Waals surface area contributed by atoms with E-state index in [1.807, 2.05) is 27.7 Å². The third-order valence-corrected chi connectivity index (χ3v) is 2.92. The first-order valence-corrected chi connectivity index (χ1v) is 6.32. The summed E-state index contributed by atoms with van der Waals surface area (Å²) in [7, 11) is 0. The van der Waals surface area contributed by atoms with E-state index in [2.05, 4.69) is 26.8 Å². The summed E-state index contributed by atoms with van der Waals surface area (Å²) in [5.74, 6) is 0. The van der Waals surface area contributed by atoms with Gasteiger partial charge >= 0.3 is 0 Å². The Labute approximate surface area is 91.8 Å². The molecular formula is C14H30. The van der Waals surface area contributed by atoms with Crippen LogP contribution in [0.25, 0.3) is 0 Å². The van der Waals surface area contributed by atoms with Gasteiger partial charge in [0.2, 0.25) is 0 Å². The number of rotatable bonds is 1. The van der Waals surface area contributed by atoms with Crippen molar-refractivity contribution >= 4 is 0 Å². The Morgan fingerprint density at radius 2 is 1.71 bits per heavy atom. The van der Waals surface area contributed by atoms with Crippen molar-refractivity contribution in [1.29, 1.82) is 0 Å². The van der Waals surface area contributed by atoms with Crippen LogP contribution in [0.15, 0.2) is 11.6 Å². The molecule has 0 radical (unpaired) electrons. The fourth-order valence-electron chi connectivity index (χ4n) is 1.44. The largest absolute Gasteiger partial charge is 0.0851 e. The van der Waals surface area contributed by atoms with Gasteiger partial charge in [-0.1, -0.05) is 59.6 Å². The maximum Gasteiger partial charge on any atom is -0.0291 e. The maximum atomic E-state index is 2.41. The van der Waals surface area contributed by atoms with Crippen molar-refractivity contribution in [2.45, 2.75) is 74.1 Å². The van der Waals surface area contributed by atoms with Crippen LogP contribution in [-0.2, 0) is 0 Å². The van der Waals surface area contributed by atoms with Crippen molar-refractivity contribution in [2.24, 2.45) is 5.41 Å². The van der Waals surface area contributed by atoms with Gasteiger partial charge in [0, 0.05) is 0 Å². The average molecular weight is 198 g/mol. The fraction of sp³-hybridized carbons (Fsp3) is 0.857. The Balaban J connectivity index is 0. The second-order valence-corrected chi connectivity index (χ2v) is 3.92. The topological polar surface area (TPSA) is 0 Å². The minimum atomic E-state index is 0.625. The van der Waals surface area contributed by atoms with Crippen molar-refractivity contribution in [3.8, 4) is 0 Å². The molecule has 0 aromatic carbocycles. The lowest BCUT2D eigenvalue weighted by atomic mass is 9.75. The lowest BCUT2D eigenvalue weighted by molar-refractivity contribution is 0.276. The molecule has 0 nitrogen and oxygen atoms in total. The molecule has 0 heteroatoms. The normalized spacial score (nSPS) is 24.9. The lowest BCUT2D eigenvalue weighted by Gasteiger charge is -2.30. The number of allylic oxidation sites excluding steroid dienone is 2. The smallest absolute Gasteiger partial charge is 0.0291 e. The molecule has 0 N–H and O–H groups in total. The minimum absolute atomic E-state index is 0.625. The zero-order chi connectivity index (χ0) is 11.6. The number of hydrogen-bond donors (Lipinski definition) is 0. The van der Waals surface area contributed by atoms with E-state index in [-0.39, 0.29) is 0 Å². The van der Waals surface area contributed by atoms with Gasteiger partial charge in [-0.3, -0.25) is 0 Å². The van der Waals surface area contributed by atoms with Crippen molar-refractivity contribution in [3.05, 3.63) is 11.6 Å². The molecule has 0 aliphatic heterocycles. The summed E-state index contributed by atoms with van der Waals surface area (Å²) in [6.45, 7) is 14.9. The van der Waals surface area contributed by atoms with Gasteiger partial charge in [-0.25, -0.2) is 0 Å². The summed E-state index contributed by atoms with van der Waals surface area (Å²) in [4.78, 5) is 0. The molecule has 0 bridgehead atoms. The molecule has 0 saturated carbocycles. The predicted molar refractivity (Wildman–Crippen MR) is 68.7 cm³/mol. The van der Waals surface area contributed by atoms with Crippen molar-refractivity contribution in [2.75, 3.05) is 0 Å². The fourth-order valence-corrected chi connectivity index (χ4v) is 1.44. The van der Waals surface area contributed by atoms with Crippen molar-refractivity contribution < 1.29 is 0 Å². The Kier molecular flexibility index (Phi) is 10.7. The molecule has 0 saturated heterocycles. The van der Waals surface area contributed by atoms with Crippen LogP contribution in [0, 0.1) is 5.41 Å². The average Bonchev–Trinajstić information content (AvgIpc) is 2.28. The van der Waals surface area contributed by atoms with Crippen LogP contribution >= 0.6 is 0 Å². The summed E-state index contributed by atoms with van der Waals surface area (Å²) in [6, 6.07) is 0. The maximum absolute atomic E-state index is 2.41. The summed E-state index contributed by atoms with van der Waals surface area (Å²) in [6.07, 6.45) is 7.76. The molecule has 1 rings (SSSR count). The van der Waals surface area contributed by atoms with Crippen molar-refractivity contribution in [3.63, 3.8) is 0 Å². The van der Waals surface area contributed by atoms with Crippen LogP contribution in [-0.4, -0.2) is 0 Å². The Hall–Kier alpha value is -0.260. The van der Waals surface area contributed by atoms with Gasteiger partial charge in [0.1, 0.15) is 0 Å². The van der Waals surface area contributed by atoms with Gasteiger partial charge in [-0.05, 0) is 31.6 Å². The van der Waals surface area contributed by atoms with E-state index >= 15 is 0 Å². The van der Waals surface area contributed by atoms with Crippen LogP contribution in [0.3, 0.4) is 0 Å². The van der Waals surface area contributed by atoms with E-state index in [0.717, 1.165) is 0 Å². The molecular weight excluding hydrogens is 168 g/mol. The monoisotopic (exact) mass is 198 g/mol. The summed E-state index contributed by atoms with van der Waals surface area (Å²) in [5.41, 5.74) is 2.21. The molecule has 86 valence electrons. The summed E-state index contributed by atoms with van der Waals surface area (Å²) < 4.78 is 0. The zero-order valence-corrected chi connectivity index (χ0v) is 11.4. The summed E-state index contributed by atoms with van der Waals surface area (Å²) in [5, 5.41) is 0. The molecule has 0 fully saturated rings. The highest BCUT2D eigenvalue weighted by Crippen LogP contribution is 2.37. The van der Waals surface area contributed by atoms with Gasteiger partial charge in [-0.15, -0.1) is 0 Å². The van der Waals surface area contributed by atoms with E-state index in [0.29, 0.717) is 5.41 Å². The first-order valence-electron chi connectivity index (χ1n) is 6.32. The Morgan fingerprint density at radius 1 is 1.21 bits per heavy atom. The number of hydrogen-bond acceptors (Lipinski definition) is 0. The molecule has 1 unspecified atom stereocenters. The first kappa shape index (κ1) is 16.2. The lowest BCUT2D eigenvalue weighted by Crippen LogP contribution is -2.17. The molecule has 14 heavy (non-hydrogen) atoms. The van der Waals surface area contributed by atoms with E-state index in [1.165, 1.54) is 25.7 Å². The van der Waals surface area contributed by atoms with Gasteiger partial charge in [0.25, 0.3) is 0 Å². The van der Waals surface area contributed by atoms with Crippen LogP contribution < -0.4 is 0 Å². The van der Waals surface area contributed by atoms with E-state index in [1.54, 1.807) is 5.57 Å². The minimum Gasteiger partial charge on any atom is -0.0851 e. The highest BCUT2D eigenvalue weighted by atomic mass is 14.3. The molecule has 0 spiro atoms. The molecule has 0 heterocycles. The van der Waals surface area contributed by atoms with E-state index in [4.69, 9.17) is 0 Å². The van der Waals surface area contributed by atoms with Crippen molar-refractivity contribution in [1.82, 2.24) is 0 Å². The summed E-state index contributed by atoms with van der Waals surface area (Å²) >= 11 is 0. The second kappa shape index (κ2) is 9.30. The third kappa shape index (κ3) is 6.23. The van der Waals surface area contributed by atoms with Crippen LogP contribution in [0.4, 0.5) is 0 Å². The SMILES string of the molecule is CC.CC.CCC1(C)CC=C(C)CC1. The van der Waals surface area contributed by atoms with Crippen LogP contribution in [0.5, 0.6) is 0 Å². The molecule has 1 aliphatic rings. The van der Waals surface area contributed by atoms with E-state index < -0.39 is 0 Å². The molecule has 1 atom stereocenters. The molecule has 0 aromatic rings. The standard InChI is InChI=1S/C10H18.2C2H6/c1-4-10(3)7-5-9(2)6-8-10;2*1-2/h5H,4,6-8H2,1-3H3;2*1-2H3. The van der Waals surface area contributed by atoms with Crippen LogP contribution in [0.2, 0.25) is 0 Å². The first-order chi connectivity index (χ1) is 6.66. The zero-order valence-electron chi connectivity index (χ0n) is 11.4. The Bertz CT molecular complexity index is 144. The van der Waals surface area contributed by atoms with Gasteiger partial charge in [0.15, 0.2) is 0 Å². The quantitative estimate of drug-likeness (QED) is 0.482. The molecule has 1 aliphatic carbocycles. The van der Waals surface area contributed by atoms with E-state index in [9.17, 15) is 0 Å². The van der Waals surface area contributed by atoms with Gasteiger partial charge < -0.3 is 0 Å². The third-order valence-electron chi connectivity index (χ3n) is 2.92. The Morgan fingerprint density at radius 3 is 2.00 bits per heavy atom. The van der Waals surface area contributed by atoms with Crippen LogP contribution in [0.1, 0.15) is 74.1 Å². The predicted octanol–water partition coefficient (Wildman–Crippen LogP) is 5.59. The highest BCUT2D eigenvalue weighted by Gasteiger charge is 2.23. The molecule has 0 amide bonds.